The average Bonchev–Trinajstić information content (AvgIpc) is 2.30. The number of primary amides is 1. The maximum atomic E-state index is 10.9. The van der Waals surface area contributed by atoms with Gasteiger partial charge >= 0.3 is 0 Å². The number of hydrogen-bond donors (Lipinski definition) is 1. The zero-order valence-corrected chi connectivity index (χ0v) is 8.52. The number of piperidine rings is 1. The molecule has 1 fully saturated rings. The number of carbonyl (C=O) groups is 1. The Hall–Kier alpha value is -1.65. The second-order valence-corrected chi connectivity index (χ2v) is 3.65. The zero-order valence-electron chi connectivity index (χ0n) is 8.52. The van der Waals surface area contributed by atoms with Crippen molar-refractivity contribution >= 4 is 11.9 Å². The first-order valence-corrected chi connectivity index (χ1v) is 5.15. The Kier molecular flexibility index (Phi) is 2.80. The summed E-state index contributed by atoms with van der Waals surface area (Å²) >= 11 is 0. The van der Waals surface area contributed by atoms with Crippen molar-refractivity contribution in [2.45, 2.75) is 19.3 Å². The van der Waals surface area contributed by atoms with Gasteiger partial charge in [0.15, 0.2) is 0 Å². The summed E-state index contributed by atoms with van der Waals surface area (Å²) in [6, 6.07) is 1.54. The van der Waals surface area contributed by atoms with Gasteiger partial charge in [-0.15, -0.1) is 0 Å². The summed E-state index contributed by atoms with van der Waals surface area (Å²) in [4.78, 5) is 21.3. The molecule has 1 aliphatic heterocycles. The number of nitrogens with two attached hydrogens (primary N) is 1. The molecule has 0 aromatic carbocycles. The largest absolute Gasteiger partial charge is 0.364 e. The molecule has 80 valence electrons. The summed E-state index contributed by atoms with van der Waals surface area (Å²) in [5, 5.41) is 0. The van der Waals surface area contributed by atoms with Gasteiger partial charge in [0.1, 0.15) is 5.69 Å². The molecule has 2 heterocycles. The van der Waals surface area contributed by atoms with Crippen LogP contribution in [0.2, 0.25) is 0 Å². The fourth-order valence-corrected chi connectivity index (χ4v) is 1.73. The van der Waals surface area contributed by atoms with Crippen molar-refractivity contribution in [3.8, 4) is 0 Å². The highest BCUT2D eigenvalue weighted by molar-refractivity contribution is 5.90. The lowest BCUT2D eigenvalue weighted by Crippen LogP contribution is -2.31. The average molecular weight is 206 g/mol. The predicted octanol–water partition coefficient (Wildman–Crippen LogP) is 0.566. The molecule has 2 N–H and O–H groups in total. The van der Waals surface area contributed by atoms with Crippen molar-refractivity contribution in [3.63, 3.8) is 0 Å². The molecule has 0 spiro atoms. The van der Waals surface area contributed by atoms with Crippen LogP contribution in [-0.4, -0.2) is 29.0 Å². The molecule has 2 rings (SSSR count). The number of carbonyl (C=O) groups excluding carboxylic acids is 1. The van der Waals surface area contributed by atoms with E-state index in [0.717, 1.165) is 25.9 Å². The summed E-state index contributed by atoms with van der Waals surface area (Å²) < 4.78 is 0. The predicted molar refractivity (Wildman–Crippen MR) is 56.6 cm³/mol. The van der Waals surface area contributed by atoms with E-state index in [1.54, 1.807) is 6.20 Å². The molecule has 5 nitrogen and oxygen atoms in total. The van der Waals surface area contributed by atoms with E-state index in [1.165, 1.54) is 12.5 Å². The van der Waals surface area contributed by atoms with E-state index in [0.29, 0.717) is 5.95 Å². The minimum absolute atomic E-state index is 0.283. The van der Waals surface area contributed by atoms with Crippen molar-refractivity contribution in [2.75, 3.05) is 18.0 Å². The summed E-state index contributed by atoms with van der Waals surface area (Å²) in [6.45, 7) is 1.92. The van der Waals surface area contributed by atoms with Crippen LogP contribution < -0.4 is 10.6 Å². The molecule has 1 amide bonds. The molecule has 1 aromatic rings. The molecule has 1 aliphatic rings. The van der Waals surface area contributed by atoms with Crippen molar-refractivity contribution in [1.82, 2.24) is 9.97 Å². The van der Waals surface area contributed by atoms with Crippen LogP contribution in [0.15, 0.2) is 12.3 Å². The molecular formula is C10H14N4O. The van der Waals surface area contributed by atoms with Gasteiger partial charge in [-0.25, -0.2) is 9.97 Å². The second-order valence-electron chi connectivity index (χ2n) is 3.65. The van der Waals surface area contributed by atoms with Crippen LogP contribution in [0.5, 0.6) is 0 Å². The topological polar surface area (TPSA) is 72.1 Å². The molecule has 0 aliphatic carbocycles. The summed E-state index contributed by atoms with van der Waals surface area (Å²) in [6.07, 6.45) is 5.15. The normalized spacial score (nSPS) is 16.4. The van der Waals surface area contributed by atoms with Gasteiger partial charge in [-0.2, -0.15) is 0 Å². The van der Waals surface area contributed by atoms with Gasteiger partial charge in [0.25, 0.3) is 5.91 Å². The number of amides is 1. The fraction of sp³-hybridized carbons (Fsp3) is 0.500. The van der Waals surface area contributed by atoms with Crippen LogP contribution in [0.25, 0.3) is 0 Å². The number of nitrogens with zero attached hydrogens (tertiary/aromatic N) is 3. The quantitative estimate of drug-likeness (QED) is 0.767. The maximum Gasteiger partial charge on any atom is 0.267 e. The Morgan fingerprint density at radius 3 is 2.73 bits per heavy atom. The lowest BCUT2D eigenvalue weighted by molar-refractivity contribution is 0.0995. The zero-order chi connectivity index (χ0) is 10.7. The van der Waals surface area contributed by atoms with Crippen LogP contribution in [0.4, 0.5) is 5.95 Å². The maximum absolute atomic E-state index is 10.9. The highest BCUT2D eigenvalue weighted by Crippen LogP contribution is 2.14. The SMILES string of the molecule is NC(=O)c1ccnc(N2CCCCC2)n1. The van der Waals surface area contributed by atoms with Crippen LogP contribution in [-0.2, 0) is 0 Å². The summed E-state index contributed by atoms with van der Waals surface area (Å²) in [7, 11) is 0. The van der Waals surface area contributed by atoms with Crippen LogP contribution in [0, 0.1) is 0 Å². The molecule has 0 radical (unpaired) electrons. The monoisotopic (exact) mass is 206 g/mol. The molecule has 1 saturated heterocycles. The Labute approximate surface area is 88.3 Å². The van der Waals surface area contributed by atoms with Crippen molar-refractivity contribution in [1.29, 1.82) is 0 Å². The Bertz CT molecular complexity index is 360. The van der Waals surface area contributed by atoms with Gasteiger partial charge in [0.2, 0.25) is 5.95 Å². The van der Waals surface area contributed by atoms with Gasteiger partial charge < -0.3 is 10.6 Å². The number of hydrogen-bond acceptors (Lipinski definition) is 4. The molecule has 15 heavy (non-hydrogen) atoms. The third kappa shape index (κ3) is 2.23. The van der Waals surface area contributed by atoms with Gasteiger partial charge in [-0.05, 0) is 25.3 Å². The van der Waals surface area contributed by atoms with Gasteiger partial charge in [-0.1, -0.05) is 0 Å². The van der Waals surface area contributed by atoms with Crippen molar-refractivity contribution in [2.24, 2.45) is 5.73 Å². The third-order valence-electron chi connectivity index (χ3n) is 2.53. The second kappa shape index (κ2) is 4.25. The minimum Gasteiger partial charge on any atom is -0.364 e. The van der Waals surface area contributed by atoms with E-state index in [9.17, 15) is 4.79 Å². The minimum atomic E-state index is -0.504. The van der Waals surface area contributed by atoms with Crippen LogP contribution >= 0.6 is 0 Å². The number of rotatable bonds is 2. The standard InChI is InChI=1S/C10H14N4O/c11-9(15)8-4-5-12-10(13-8)14-6-2-1-3-7-14/h4-5H,1-3,6-7H2,(H2,11,15). The van der Waals surface area contributed by atoms with E-state index in [2.05, 4.69) is 14.9 Å². The number of aromatic nitrogens is 2. The number of anilines is 1. The Balaban J connectivity index is 2.19. The first-order chi connectivity index (χ1) is 7.27. The van der Waals surface area contributed by atoms with Crippen molar-refractivity contribution < 1.29 is 4.79 Å². The van der Waals surface area contributed by atoms with Gasteiger partial charge in [0, 0.05) is 19.3 Å². The first-order valence-electron chi connectivity index (χ1n) is 5.15. The first kappa shape index (κ1) is 9.89. The molecular weight excluding hydrogens is 192 g/mol. The summed E-state index contributed by atoms with van der Waals surface area (Å²) in [5.74, 6) is 0.113. The molecule has 5 heteroatoms. The Morgan fingerprint density at radius 2 is 2.07 bits per heavy atom. The molecule has 0 atom stereocenters. The van der Waals surface area contributed by atoms with Crippen LogP contribution in [0.3, 0.4) is 0 Å². The van der Waals surface area contributed by atoms with E-state index < -0.39 is 5.91 Å². The third-order valence-corrected chi connectivity index (χ3v) is 2.53. The smallest absolute Gasteiger partial charge is 0.267 e. The van der Waals surface area contributed by atoms with E-state index in [1.807, 2.05) is 0 Å². The fourth-order valence-electron chi connectivity index (χ4n) is 1.73. The van der Waals surface area contributed by atoms with Crippen molar-refractivity contribution in [3.05, 3.63) is 18.0 Å². The van der Waals surface area contributed by atoms with E-state index >= 15 is 0 Å². The molecule has 0 bridgehead atoms. The van der Waals surface area contributed by atoms with E-state index in [-0.39, 0.29) is 5.69 Å². The molecule has 0 saturated carbocycles. The lowest BCUT2D eigenvalue weighted by atomic mass is 10.1. The molecule has 1 aromatic heterocycles. The van der Waals surface area contributed by atoms with Gasteiger partial charge in [-0.3, -0.25) is 4.79 Å². The highest BCUT2D eigenvalue weighted by Gasteiger charge is 2.14. The Morgan fingerprint density at radius 1 is 1.33 bits per heavy atom. The summed E-state index contributed by atoms with van der Waals surface area (Å²) in [5.41, 5.74) is 5.45. The molecule has 0 unspecified atom stereocenters. The lowest BCUT2D eigenvalue weighted by Gasteiger charge is -2.26. The van der Waals surface area contributed by atoms with Crippen LogP contribution in [0.1, 0.15) is 29.8 Å². The highest BCUT2D eigenvalue weighted by atomic mass is 16.1. The van der Waals surface area contributed by atoms with Gasteiger partial charge in [0.05, 0.1) is 0 Å². The van der Waals surface area contributed by atoms with E-state index in [4.69, 9.17) is 5.73 Å².